The third-order valence-corrected chi connectivity index (χ3v) is 3.16. The Morgan fingerprint density at radius 3 is 2.64 bits per heavy atom. The van der Waals surface area contributed by atoms with E-state index in [1.165, 1.54) is 4.90 Å². The van der Waals surface area contributed by atoms with Gasteiger partial charge in [-0.25, -0.2) is 0 Å². The summed E-state index contributed by atoms with van der Waals surface area (Å²) >= 11 is 0. The quantitative estimate of drug-likeness (QED) is 0.727. The van der Waals surface area contributed by atoms with E-state index in [-0.39, 0.29) is 5.41 Å². The van der Waals surface area contributed by atoms with Crippen LogP contribution in [0.15, 0.2) is 54.6 Å². The van der Waals surface area contributed by atoms with Crippen molar-refractivity contribution in [2.24, 2.45) is 5.41 Å². The van der Waals surface area contributed by atoms with Crippen LogP contribution in [0.5, 0.6) is 0 Å². The van der Waals surface area contributed by atoms with Crippen LogP contribution in [0, 0.1) is 17.3 Å². The van der Waals surface area contributed by atoms with Crippen LogP contribution >= 0.6 is 0 Å². The van der Waals surface area contributed by atoms with Gasteiger partial charge in [0.15, 0.2) is 0 Å². The number of rotatable bonds is 4. The Hall–Kier alpha value is -2.04. The topological polar surface area (TPSA) is 3.24 Å². The molecular formula is C21H25N. The summed E-state index contributed by atoms with van der Waals surface area (Å²) in [5, 5.41) is 2.28. The van der Waals surface area contributed by atoms with Gasteiger partial charge in [-0.2, -0.15) is 0 Å². The van der Waals surface area contributed by atoms with Crippen molar-refractivity contribution in [1.29, 1.82) is 0 Å². The van der Waals surface area contributed by atoms with Crippen molar-refractivity contribution in [3.63, 3.8) is 0 Å². The fourth-order valence-electron chi connectivity index (χ4n) is 2.12. The van der Waals surface area contributed by atoms with Crippen molar-refractivity contribution in [3.05, 3.63) is 60.2 Å². The monoisotopic (exact) mass is 294 g/mol. The first kappa shape index (κ1) is 12.5. The zero-order chi connectivity index (χ0) is 18.5. The fraction of sp³-hybridized carbons (Fsp3) is 0.333. The Kier molecular flexibility index (Phi) is 4.14. The van der Waals surface area contributed by atoms with Crippen molar-refractivity contribution in [2.75, 3.05) is 13.5 Å². The lowest BCUT2D eigenvalue weighted by Gasteiger charge is -2.14. The maximum absolute atomic E-state index is 7.77. The lowest BCUT2D eigenvalue weighted by Crippen LogP contribution is -2.17. The number of likely N-dealkylation sites (N-methyl/N-ethyl adjacent to an activating group) is 1. The van der Waals surface area contributed by atoms with E-state index in [9.17, 15) is 0 Å². The summed E-state index contributed by atoms with van der Waals surface area (Å²) in [6.07, 6.45) is 3.55. The third-order valence-electron chi connectivity index (χ3n) is 3.16. The Bertz CT molecular complexity index is 801. The number of benzene rings is 2. The first-order valence-electron chi connectivity index (χ1n) is 9.06. The molecule has 22 heavy (non-hydrogen) atoms. The van der Waals surface area contributed by atoms with Crippen molar-refractivity contribution in [1.82, 2.24) is 4.90 Å². The summed E-state index contributed by atoms with van der Waals surface area (Å²) in [5.74, 6) is 6.09. The highest BCUT2D eigenvalue weighted by Gasteiger charge is 2.02. The Morgan fingerprint density at radius 1 is 1.14 bits per heavy atom. The van der Waals surface area contributed by atoms with Gasteiger partial charge in [0.1, 0.15) is 0 Å². The van der Waals surface area contributed by atoms with Gasteiger partial charge in [-0.1, -0.05) is 54.3 Å². The molecule has 0 aliphatic carbocycles. The van der Waals surface area contributed by atoms with E-state index in [2.05, 4.69) is 24.0 Å². The average molecular weight is 294 g/mol. The molecule has 0 spiro atoms. The minimum Gasteiger partial charge on any atom is -0.298 e. The van der Waals surface area contributed by atoms with Crippen LogP contribution in [0.1, 0.15) is 30.4 Å². The Morgan fingerprint density at radius 2 is 1.91 bits per heavy atom. The first-order valence-corrected chi connectivity index (χ1v) is 7.56. The molecule has 0 bridgehead atoms. The Balaban J connectivity index is 2.11. The molecule has 0 heterocycles. The molecule has 1 nitrogen and oxygen atoms in total. The van der Waals surface area contributed by atoms with Gasteiger partial charge in [0.25, 0.3) is 0 Å². The lowest BCUT2D eigenvalue weighted by molar-refractivity contribution is 0.363. The second-order valence-electron chi connectivity index (χ2n) is 6.48. The lowest BCUT2D eigenvalue weighted by atomic mass is 9.98. The number of allylic oxidation sites excluding steroid dienone is 1. The third kappa shape index (κ3) is 5.39. The zero-order valence-electron chi connectivity index (χ0n) is 16.6. The molecule has 1 heteroatoms. The summed E-state index contributed by atoms with van der Waals surface area (Å²) in [7, 11) is 0. The summed E-state index contributed by atoms with van der Waals surface area (Å²) < 4.78 is 23.3. The standard InChI is InChI=1S/C21H25N/c1-21(2,3)14-8-5-9-15-22(4)17-18-12-13-19-10-6-7-11-20(19)16-18/h5-7,9-13,16H,15,17H2,1-4H3/b9-5+/i4D3. The van der Waals surface area contributed by atoms with E-state index in [0.717, 1.165) is 16.3 Å². The van der Waals surface area contributed by atoms with E-state index in [4.69, 9.17) is 4.11 Å². The maximum atomic E-state index is 7.77. The predicted octanol–water partition coefficient (Wildman–Crippen LogP) is 4.88. The smallest absolute Gasteiger partial charge is 0.0394 e. The largest absolute Gasteiger partial charge is 0.298 e. The van der Waals surface area contributed by atoms with E-state index in [0.29, 0.717) is 13.1 Å². The molecule has 2 aromatic rings. The van der Waals surface area contributed by atoms with Crippen LogP contribution < -0.4 is 0 Å². The molecule has 0 N–H and O–H groups in total. The van der Waals surface area contributed by atoms with Gasteiger partial charge in [0.2, 0.25) is 0 Å². The van der Waals surface area contributed by atoms with Crippen molar-refractivity contribution < 1.29 is 4.11 Å². The molecule has 0 radical (unpaired) electrons. The molecule has 2 aromatic carbocycles. The highest BCUT2D eigenvalue weighted by Crippen LogP contribution is 2.16. The van der Waals surface area contributed by atoms with Crippen LogP contribution in [-0.2, 0) is 6.54 Å². The SMILES string of the molecule is [2H]C([2H])([2H])N(C/C=C/C#CC(C)(C)C)Cc1ccc2ccccc2c1. The van der Waals surface area contributed by atoms with Crippen LogP contribution in [0.4, 0.5) is 0 Å². The van der Waals surface area contributed by atoms with E-state index < -0.39 is 6.98 Å². The average Bonchev–Trinajstić information content (AvgIpc) is 2.51. The second kappa shape index (κ2) is 7.29. The second-order valence-corrected chi connectivity index (χ2v) is 6.48. The van der Waals surface area contributed by atoms with Crippen molar-refractivity contribution in [3.8, 4) is 11.8 Å². The van der Waals surface area contributed by atoms with Gasteiger partial charge in [-0.3, -0.25) is 4.90 Å². The number of nitrogens with zero attached hydrogens (tertiary/aromatic N) is 1. The van der Waals surface area contributed by atoms with Gasteiger partial charge >= 0.3 is 0 Å². The molecule has 114 valence electrons. The van der Waals surface area contributed by atoms with Gasteiger partial charge in [-0.15, -0.1) is 0 Å². The van der Waals surface area contributed by atoms with Crippen molar-refractivity contribution >= 4 is 10.8 Å². The van der Waals surface area contributed by atoms with Gasteiger partial charge < -0.3 is 0 Å². The highest BCUT2D eigenvalue weighted by atomic mass is 15.1. The number of hydrogen-bond acceptors (Lipinski definition) is 1. The summed E-state index contributed by atoms with van der Waals surface area (Å²) in [6.45, 7) is 4.70. The predicted molar refractivity (Wildman–Crippen MR) is 96.7 cm³/mol. The van der Waals surface area contributed by atoms with Crippen LogP contribution in [0.25, 0.3) is 10.8 Å². The molecule has 0 aliphatic heterocycles. The highest BCUT2D eigenvalue weighted by molar-refractivity contribution is 5.82. The normalized spacial score (nSPS) is 14.5. The molecule has 0 amide bonds. The molecule has 0 saturated heterocycles. The summed E-state index contributed by atoms with van der Waals surface area (Å²) in [5.41, 5.74) is 0.933. The van der Waals surface area contributed by atoms with E-state index in [1.54, 1.807) is 6.08 Å². The number of hydrogen-bond donors (Lipinski definition) is 0. The summed E-state index contributed by atoms with van der Waals surface area (Å²) in [6, 6.07) is 14.2. The fourth-order valence-corrected chi connectivity index (χ4v) is 2.12. The molecule has 0 aliphatic rings. The molecule has 0 atom stereocenters. The zero-order valence-corrected chi connectivity index (χ0v) is 13.6. The summed E-state index contributed by atoms with van der Waals surface area (Å²) in [4.78, 5) is 1.48. The Labute approximate surface area is 138 Å². The van der Waals surface area contributed by atoms with Crippen molar-refractivity contribution in [2.45, 2.75) is 27.3 Å². The van der Waals surface area contributed by atoms with Crippen LogP contribution in [0.3, 0.4) is 0 Å². The molecule has 0 aromatic heterocycles. The van der Waals surface area contributed by atoms with Crippen LogP contribution in [-0.4, -0.2) is 18.4 Å². The van der Waals surface area contributed by atoms with Gasteiger partial charge in [-0.05, 0) is 56.2 Å². The molecule has 0 saturated carbocycles. The minimum atomic E-state index is -2.15. The van der Waals surface area contributed by atoms with E-state index >= 15 is 0 Å². The van der Waals surface area contributed by atoms with Gasteiger partial charge in [0.05, 0.1) is 0 Å². The van der Waals surface area contributed by atoms with Gasteiger partial charge in [0, 0.05) is 22.6 Å². The van der Waals surface area contributed by atoms with E-state index in [1.807, 2.05) is 57.2 Å². The molecule has 0 unspecified atom stereocenters. The molecular weight excluding hydrogens is 266 g/mol. The molecule has 0 fully saturated rings. The first-order chi connectivity index (χ1) is 11.6. The molecule has 2 rings (SSSR count). The minimum absolute atomic E-state index is 0.0564. The maximum Gasteiger partial charge on any atom is 0.0394 e. The number of fused-ring (bicyclic) bond motifs is 1. The van der Waals surface area contributed by atoms with Crippen LogP contribution in [0.2, 0.25) is 0 Å².